The lowest BCUT2D eigenvalue weighted by molar-refractivity contribution is -0.384. The topological polar surface area (TPSA) is 123 Å². The number of benzene rings is 2. The zero-order valence-corrected chi connectivity index (χ0v) is 18.9. The van der Waals surface area contributed by atoms with Crippen LogP contribution in [-0.4, -0.2) is 41.7 Å². The van der Waals surface area contributed by atoms with Gasteiger partial charge in [0.25, 0.3) is 5.69 Å². The van der Waals surface area contributed by atoms with Crippen LogP contribution in [0.3, 0.4) is 0 Å². The van der Waals surface area contributed by atoms with E-state index in [0.717, 1.165) is 22.2 Å². The number of imide groups is 1. The van der Waals surface area contributed by atoms with Gasteiger partial charge >= 0.3 is 0 Å². The van der Waals surface area contributed by atoms with E-state index in [1.54, 1.807) is 6.07 Å². The molecular formula is C26H19N3O7. The van der Waals surface area contributed by atoms with Crippen molar-refractivity contribution < 1.29 is 28.5 Å². The lowest BCUT2D eigenvalue weighted by Crippen LogP contribution is -2.48. The number of hydrogen-bond donors (Lipinski definition) is 0. The maximum atomic E-state index is 13.9. The number of nitrogens with zero attached hydrogens (tertiary/aromatic N) is 3. The summed E-state index contributed by atoms with van der Waals surface area (Å²) in [6, 6.07) is 12.7. The molecule has 6 rings (SSSR count). The predicted molar refractivity (Wildman–Crippen MR) is 128 cm³/mol. The van der Waals surface area contributed by atoms with Crippen molar-refractivity contribution in [2.75, 3.05) is 16.9 Å². The minimum absolute atomic E-state index is 0.0213. The van der Waals surface area contributed by atoms with Gasteiger partial charge in [-0.25, -0.2) is 4.90 Å². The van der Waals surface area contributed by atoms with Crippen LogP contribution in [0.4, 0.5) is 17.1 Å². The molecule has 10 nitrogen and oxygen atoms in total. The highest BCUT2D eigenvalue weighted by Gasteiger charge is 2.65. The Labute approximate surface area is 204 Å². The number of non-ortho nitro benzene ring substituents is 1. The van der Waals surface area contributed by atoms with Gasteiger partial charge in [0.2, 0.25) is 17.6 Å². The summed E-state index contributed by atoms with van der Waals surface area (Å²) < 4.78 is 10.7. The number of Topliss-reactive ketones (excluding diaryl/α,β-unsaturated/α-hetero) is 1. The van der Waals surface area contributed by atoms with E-state index in [0.29, 0.717) is 0 Å². The minimum atomic E-state index is -1.03. The molecule has 1 aromatic heterocycles. The number of rotatable bonds is 5. The molecule has 0 unspecified atom stereocenters. The predicted octanol–water partition coefficient (Wildman–Crippen LogP) is 3.47. The average molecular weight is 485 g/mol. The summed E-state index contributed by atoms with van der Waals surface area (Å²) in [6.07, 6.45) is 5.08. The Morgan fingerprint density at radius 3 is 2.53 bits per heavy atom. The van der Waals surface area contributed by atoms with Gasteiger partial charge in [0, 0.05) is 17.8 Å². The second kappa shape index (κ2) is 7.91. The Morgan fingerprint density at radius 2 is 1.81 bits per heavy atom. The fraction of sp³-hybridized carbons (Fsp3) is 0.192. The summed E-state index contributed by atoms with van der Waals surface area (Å²) >= 11 is 0. The van der Waals surface area contributed by atoms with E-state index in [-0.39, 0.29) is 22.9 Å². The van der Waals surface area contributed by atoms with Gasteiger partial charge in [-0.15, -0.1) is 0 Å². The van der Waals surface area contributed by atoms with Crippen molar-refractivity contribution in [2.45, 2.75) is 12.1 Å². The maximum absolute atomic E-state index is 13.9. The number of nitro groups is 1. The van der Waals surface area contributed by atoms with E-state index >= 15 is 0 Å². The van der Waals surface area contributed by atoms with E-state index in [1.807, 2.05) is 41.3 Å². The summed E-state index contributed by atoms with van der Waals surface area (Å²) in [7, 11) is 1.35. The van der Waals surface area contributed by atoms with Gasteiger partial charge in [-0.2, -0.15) is 0 Å². The number of carbonyl (C=O) groups is 3. The van der Waals surface area contributed by atoms with Crippen LogP contribution in [0.1, 0.15) is 16.1 Å². The molecule has 0 bridgehead atoms. The molecule has 0 N–H and O–H groups in total. The van der Waals surface area contributed by atoms with Crippen molar-refractivity contribution in [3.05, 3.63) is 88.4 Å². The maximum Gasteiger partial charge on any atom is 0.271 e. The highest BCUT2D eigenvalue weighted by Crippen LogP contribution is 2.51. The zero-order chi connectivity index (χ0) is 25.1. The Hall–Kier alpha value is -4.73. The monoisotopic (exact) mass is 485 g/mol. The molecule has 0 aliphatic carbocycles. The third-order valence-corrected chi connectivity index (χ3v) is 7.06. The summed E-state index contributed by atoms with van der Waals surface area (Å²) in [6.45, 7) is 0. The minimum Gasteiger partial charge on any atom is -0.495 e. The van der Waals surface area contributed by atoms with Crippen molar-refractivity contribution >= 4 is 40.7 Å². The number of nitro benzene ring substituents is 1. The van der Waals surface area contributed by atoms with Crippen LogP contribution in [0.5, 0.6) is 5.75 Å². The van der Waals surface area contributed by atoms with Crippen LogP contribution < -0.4 is 14.5 Å². The first-order valence-electron chi connectivity index (χ1n) is 11.3. The first-order chi connectivity index (χ1) is 17.4. The van der Waals surface area contributed by atoms with Crippen LogP contribution in [0.15, 0.2) is 71.4 Å². The molecule has 180 valence electrons. The van der Waals surface area contributed by atoms with Gasteiger partial charge in [-0.05, 0) is 29.8 Å². The number of amides is 2. The van der Waals surface area contributed by atoms with E-state index in [9.17, 15) is 24.5 Å². The second-order valence-electron chi connectivity index (χ2n) is 8.78. The van der Waals surface area contributed by atoms with Crippen LogP contribution in [0.25, 0.3) is 6.08 Å². The number of furan rings is 1. The van der Waals surface area contributed by atoms with E-state index < -0.39 is 46.4 Å². The smallest absolute Gasteiger partial charge is 0.271 e. The third-order valence-electron chi connectivity index (χ3n) is 7.06. The number of carbonyl (C=O) groups excluding carboxylic acids is 3. The lowest BCUT2D eigenvalue weighted by atomic mass is 9.87. The van der Waals surface area contributed by atoms with Crippen LogP contribution in [0, 0.1) is 22.0 Å². The standard InChI is InChI=1S/C26H19N3O7/c1-35-19-11-9-15(29(33)34)13-18(19)28-25(31)21-17-10-8-14-5-2-3-6-16(14)27(17)23(22(21)26(28)32)24(30)20-7-4-12-36-20/h2-13,17,21-23H,1H3/t17-,21+,22+,23-/m1/s1. The van der Waals surface area contributed by atoms with Gasteiger partial charge in [-0.1, -0.05) is 30.4 Å². The number of fused-ring (bicyclic) bond motifs is 5. The van der Waals surface area contributed by atoms with Gasteiger partial charge in [0.15, 0.2) is 5.76 Å². The molecule has 3 aliphatic rings. The quantitative estimate of drug-likeness (QED) is 0.233. The van der Waals surface area contributed by atoms with Crippen molar-refractivity contribution in [3.8, 4) is 5.75 Å². The third kappa shape index (κ3) is 2.94. The molecule has 0 radical (unpaired) electrons. The molecular weight excluding hydrogens is 466 g/mol. The molecule has 4 heterocycles. The van der Waals surface area contributed by atoms with E-state index in [2.05, 4.69) is 0 Å². The molecule has 2 saturated heterocycles. The molecule has 2 fully saturated rings. The second-order valence-corrected chi connectivity index (χ2v) is 8.78. The molecule has 0 saturated carbocycles. The molecule has 3 aliphatic heterocycles. The van der Waals surface area contributed by atoms with E-state index in [1.165, 1.54) is 31.6 Å². The van der Waals surface area contributed by atoms with Crippen LogP contribution >= 0.6 is 0 Å². The number of hydrogen-bond acceptors (Lipinski definition) is 8. The fourth-order valence-corrected chi connectivity index (χ4v) is 5.58. The largest absolute Gasteiger partial charge is 0.495 e. The number of anilines is 2. The molecule has 2 aromatic carbocycles. The molecule has 36 heavy (non-hydrogen) atoms. The molecule has 4 atom stereocenters. The summed E-state index contributed by atoms with van der Waals surface area (Å²) in [5, 5.41) is 11.4. The number of methoxy groups -OCH3 is 1. The first kappa shape index (κ1) is 21.8. The molecule has 0 spiro atoms. The Morgan fingerprint density at radius 1 is 1.03 bits per heavy atom. The Balaban J connectivity index is 1.51. The summed E-state index contributed by atoms with van der Waals surface area (Å²) in [5.74, 6) is -3.27. The Bertz CT molecular complexity index is 1460. The fourth-order valence-electron chi connectivity index (χ4n) is 5.58. The normalized spacial score (nSPS) is 23.9. The first-order valence-corrected chi connectivity index (χ1v) is 11.3. The van der Waals surface area contributed by atoms with Crippen LogP contribution in [0.2, 0.25) is 0 Å². The van der Waals surface area contributed by atoms with Gasteiger partial charge in [0.1, 0.15) is 17.5 Å². The number of ketones is 1. The van der Waals surface area contributed by atoms with E-state index in [4.69, 9.17) is 9.15 Å². The summed E-state index contributed by atoms with van der Waals surface area (Å²) in [4.78, 5) is 55.1. The average Bonchev–Trinajstić information content (AvgIpc) is 3.60. The van der Waals surface area contributed by atoms with Crippen molar-refractivity contribution in [1.82, 2.24) is 0 Å². The van der Waals surface area contributed by atoms with Gasteiger partial charge in [-0.3, -0.25) is 24.5 Å². The highest BCUT2D eigenvalue weighted by molar-refractivity contribution is 6.26. The highest BCUT2D eigenvalue weighted by atomic mass is 16.6. The molecule has 2 amide bonds. The lowest BCUT2D eigenvalue weighted by Gasteiger charge is -2.36. The van der Waals surface area contributed by atoms with Gasteiger partial charge in [0.05, 0.1) is 36.2 Å². The number of para-hydroxylation sites is 1. The van der Waals surface area contributed by atoms with Crippen molar-refractivity contribution in [2.24, 2.45) is 11.8 Å². The summed E-state index contributed by atoms with van der Waals surface area (Å²) in [5.41, 5.74) is 1.29. The van der Waals surface area contributed by atoms with Crippen LogP contribution in [-0.2, 0) is 9.59 Å². The Kier molecular flexibility index (Phi) is 4.78. The van der Waals surface area contributed by atoms with Crippen molar-refractivity contribution in [1.29, 1.82) is 0 Å². The number of ether oxygens (including phenoxy) is 1. The van der Waals surface area contributed by atoms with Crippen molar-refractivity contribution in [3.63, 3.8) is 0 Å². The zero-order valence-electron chi connectivity index (χ0n) is 18.9. The molecule has 3 aromatic rings. The molecule has 10 heteroatoms. The van der Waals surface area contributed by atoms with Gasteiger partial charge < -0.3 is 14.1 Å². The SMILES string of the molecule is COc1ccc([N+](=O)[O-])cc1N1C(=O)[C@@H]2[C@H](C1=O)[C@H](C(=O)c1ccco1)N1c3ccccc3C=C[C@H]21.